The van der Waals surface area contributed by atoms with Crippen LogP contribution >= 0.6 is 0 Å². The number of fused-ring (bicyclic) bond motifs is 1. The lowest BCUT2D eigenvalue weighted by atomic mass is 9.97. The summed E-state index contributed by atoms with van der Waals surface area (Å²) < 4.78 is 77.5. The van der Waals surface area contributed by atoms with Crippen LogP contribution in [0.3, 0.4) is 0 Å². The first-order chi connectivity index (χ1) is 14.9. The van der Waals surface area contributed by atoms with E-state index in [0.29, 0.717) is 22.3 Å². The second-order valence-corrected chi connectivity index (χ2v) is 6.73. The van der Waals surface area contributed by atoms with Gasteiger partial charge >= 0.3 is 6.61 Å². The van der Waals surface area contributed by atoms with Crippen molar-refractivity contribution >= 4 is 10.8 Å². The minimum Gasteiger partial charge on any atom is -0.497 e. The monoisotopic (exact) mass is 430 g/mol. The fourth-order valence-electron chi connectivity index (χ4n) is 3.40. The minimum atomic E-state index is -3.14. The van der Waals surface area contributed by atoms with Gasteiger partial charge in [-0.15, -0.1) is 0 Å². The SMILES string of the molecule is COc1ccc(-c2ccc(-c3ccc4c(F)c(OC(F)F)ccc4c3)c(F)c2)c(F)c1. The van der Waals surface area contributed by atoms with Gasteiger partial charge in [-0.2, -0.15) is 8.78 Å². The van der Waals surface area contributed by atoms with Crippen LogP contribution in [0.2, 0.25) is 0 Å². The molecule has 0 heterocycles. The fourth-order valence-corrected chi connectivity index (χ4v) is 3.40. The number of alkyl halides is 2. The Morgan fingerprint density at radius 1 is 0.710 bits per heavy atom. The maximum absolute atomic E-state index is 14.9. The van der Waals surface area contributed by atoms with Gasteiger partial charge in [-0.25, -0.2) is 13.2 Å². The lowest BCUT2D eigenvalue weighted by Gasteiger charge is -2.11. The van der Waals surface area contributed by atoms with Crippen LogP contribution in [-0.4, -0.2) is 13.7 Å². The second kappa shape index (κ2) is 8.26. The predicted octanol–water partition coefficient (Wildman–Crippen LogP) is 7.20. The molecule has 0 amide bonds. The quantitative estimate of drug-likeness (QED) is 0.312. The molecule has 0 saturated carbocycles. The summed E-state index contributed by atoms with van der Waals surface area (Å²) in [4.78, 5) is 0. The van der Waals surface area contributed by atoms with Crippen LogP contribution in [0.5, 0.6) is 11.5 Å². The highest BCUT2D eigenvalue weighted by Gasteiger charge is 2.15. The fraction of sp³-hybridized carbons (Fsp3) is 0.0833. The third-order valence-corrected chi connectivity index (χ3v) is 4.90. The molecule has 0 fully saturated rings. The number of ether oxygens (including phenoxy) is 2. The first-order valence-corrected chi connectivity index (χ1v) is 9.18. The molecule has 4 aromatic carbocycles. The van der Waals surface area contributed by atoms with Crippen molar-refractivity contribution in [3.8, 4) is 33.8 Å². The van der Waals surface area contributed by atoms with Gasteiger partial charge in [0, 0.05) is 22.6 Å². The van der Waals surface area contributed by atoms with Crippen LogP contribution in [-0.2, 0) is 0 Å². The van der Waals surface area contributed by atoms with E-state index in [9.17, 15) is 22.0 Å². The smallest absolute Gasteiger partial charge is 0.387 e. The average molecular weight is 430 g/mol. The van der Waals surface area contributed by atoms with Gasteiger partial charge in [-0.1, -0.05) is 30.3 Å². The lowest BCUT2D eigenvalue weighted by Crippen LogP contribution is -2.03. The number of halogens is 5. The van der Waals surface area contributed by atoms with Crippen molar-refractivity contribution in [2.24, 2.45) is 0 Å². The van der Waals surface area contributed by atoms with E-state index < -0.39 is 29.8 Å². The van der Waals surface area contributed by atoms with E-state index in [0.717, 1.165) is 6.07 Å². The highest BCUT2D eigenvalue weighted by Crippen LogP contribution is 2.34. The first-order valence-electron chi connectivity index (χ1n) is 9.18. The molecule has 158 valence electrons. The van der Waals surface area contributed by atoms with Gasteiger partial charge in [0.15, 0.2) is 11.6 Å². The standard InChI is InChI=1S/C24H15F5O2/c1-30-16-5-8-18(21(26)12-16)15-2-6-17(20(25)11-15)13-3-7-19-14(10-13)4-9-22(23(19)27)31-24(28)29/h2-12,24H,1H3. The third kappa shape index (κ3) is 4.03. The van der Waals surface area contributed by atoms with Crippen LogP contribution in [0.1, 0.15) is 0 Å². The Morgan fingerprint density at radius 3 is 2.00 bits per heavy atom. The summed E-state index contributed by atoms with van der Waals surface area (Å²) in [6.07, 6.45) is 0. The Balaban J connectivity index is 1.71. The van der Waals surface area contributed by atoms with Gasteiger partial charge < -0.3 is 9.47 Å². The number of benzene rings is 4. The zero-order chi connectivity index (χ0) is 22.1. The molecule has 0 aliphatic rings. The second-order valence-electron chi connectivity index (χ2n) is 6.73. The van der Waals surface area contributed by atoms with Crippen molar-refractivity contribution in [1.82, 2.24) is 0 Å². The van der Waals surface area contributed by atoms with Crippen LogP contribution in [0.4, 0.5) is 22.0 Å². The van der Waals surface area contributed by atoms with Gasteiger partial charge in [-0.05, 0) is 46.8 Å². The number of hydrogen-bond donors (Lipinski definition) is 0. The van der Waals surface area contributed by atoms with Gasteiger partial charge in [0.2, 0.25) is 0 Å². The third-order valence-electron chi connectivity index (χ3n) is 4.90. The van der Waals surface area contributed by atoms with Crippen LogP contribution in [0.15, 0.2) is 66.7 Å². The highest BCUT2D eigenvalue weighted by atomic mass is 19.3. The Morgan fingerprint density at radius 2 is 1.35 bits per heavy atom. The summed E-state index contributed by atoms with van der Waals surface area (Å²) in [5, 5.41) is 0.459. The van der Waals surface area contributed by atoms with Crippen molar-refractivity contribution in [3.05, 3.63) is 84.2 Å². The van der Waals surface area contributed by atoms with E-state index >= 15 is 0 Å². The summed E-state index contributed by atoms with van der Waals surface area (Å²) in [6, 6.07) is 15.5. The summed E-state index contributed by atoms with van der Waals surface area (Å²) >= 11 is 0. The topological polar surface area (TPSA) is 18.5 Å². The summed E-state index contributed by atoms with van der Waals surface area (Å²) in [5.74, 6) is -2.27. The molecule has 0 N–H and O–H groups in total. The molecule has 31 heavy (non-hydrogen) atoms. The molecule has 2 nitrogen and oxygen atoms in total. The maximum atomic E-state index is 14.9. The summed E-state index contributed by atoms with van der Waals surface area (Å²) in [6.45, 7) is -3.14. The van der Waals surface area contributed by atoms with Crippen molar-refractivity contribution in [1.29, 1.82) is 0 Å². The zero-order valence-electron chi connectivity index (χ0n) is 16.1. The molecule has 0 bridgehead atoms. The highest BCUT2D eigenvalue weighted by molar-refractivity contribution is 5.89. The van der Waals surface area contributed by atoms with E-state index in [-0.39, 0.29) is 16.5 Å². The van der Waals surface area contributed by atoms with Crippen molar-refractivity contribution in [2.75, 3.05) is 7.11 Å². The van der Waals surface area contributed by atoms with E-state index in [4.69, 9.17) is 4.74 Å². The molecule has 4 rings (SSSR count). The molecule has 0 aliphatic carbocycles. The lowest BCUT2D eigenvalue weighted by molar-refractivity contribution is -0.0520. The molecule has 0 atom stereocenters. The van der Waals surface area contributed by atoms with E-state index in [1.807, 2.05) is 0 Å². The molecule has 0 saturated heterocycles. The average Bonchev–Trinajstić information content (AvgIpc) is 2.75. The number of hydrogen-bond acceptors (Lipinski definition) is 2. The zero-order valence-corrected chi connectivity index (χ0v) is 16.1. The number of rotatable bonds is 5. The van der Waals surface area contributed by atoms with Crippen LogP contribution in [0.25, 0.3) is 33.0 Å². The summed E-state index contributed by atoms with van der Waals surface area (Å²) in [5.41, 5.74) is 1.25. The Hall–Kier alpha value is -3.61. The predicted molar refractivity (Wildman–Crippen MR) is 108 cm³/mol. The molecular weight excluding hydrogens is 415 g/mol. The maximum Gasteiger partial charge on any atom is 0.387 e. The Bertz CT molecular complexity index is 1270. The molecule has 7 heteroatoms. The first kappa shape index (κ1) is 20.7. The molecule has 0 aliphatic heterocycles. The van der Waals surface area contributed by atoms with Gasteiger partial charge in [0.1, 0.15) is 17.4 Å². The van der Waals surface area contributed by atoms with Gasteiger partial charge in [-0.3, -0.25) is 0 Å². The molecule has 0 radical (unpaired) electrons. The molecule has 0 aromatic heterocycles. The minimum absolute atomic E-state index is 0.0687. The van der Waals surface area contributed by atoms with Crippen LogP contribution in [0, 0.1) is 17.5 Å². The largest absolute Gasteiger partial charge is 0.497 e. The van der Waals surface area contributed by atoms with Crippen molar-refractivity contribution in [3.63, 3.8) is 0 Å². The van der Waals surface area contributed by atoms with E-state index in [2.05, 4.69) is 4.74 Å². The molecule has 0 unspecified atom stereocenters. The van der Waals surface area contributed by atoms with Crippen molar-refractivity contribution < 1.29 is 31.4 Å². The molecule has 0 spiro atoms. The Labute approximate surface area is 174 Å². The van der Waals surface area contributed by atoms with Gasteiger partial charge in [0.05, 0.1) is 7.11 Å². The van der Waals surface area contributed by atoms with Crippen molar-refractivity contribution in [2.45, 2.75) is 6.61 Å². The molecule has 4 aromatic rings. The summed E-state index contributed by atoms with van der Waals surface area (Å²) in [7, 11) is 1.42. The van der Waals surface area contributed by atoms with E-state index in [1.165, 1.54) is 55.6 Å². The van der Waals surface area contributed by atoms with Crippen LogP contribution < -0.4 is 9.47 Å². The van der Waals surface area contributed by atoms with E-state index in [1.54, 1.807) is 12.1 Å². The normalized spacial score (nSPS) is 11.2. The number of methoxy groups -OCH3 is 1. The molecular formula is C24H15F5O2. The van der Waals surface area contributed by atoms with Gasteiger partial charge in [0.25, 0.3) is 0 Å². The Kier molecular flexibility index (Phi) is 5.50.